The van der Waals surface area contributed by atoms with Gasteiger partial charge >= 0.3 is 6.01 Å². The quantitative estimate of drug-likeness (QED) is 0.523. The van der Waals surface area contributed by atoms with E-state index in [9.17, 15) is 8.78 Å². The number of amidine groups is 1. The molecule has 2 aromatic carbocycles. The molecule has 4 heterocycles. The Labute approximate surface area is 162 Å². The second kappa shape index (κ2) is 5.71. The summed E-state index contributed by atoms with van der Waals surface area (Å²) < 4.78 is 34.6. The number of nitrogens with zero attached hydrogens (tertiary/aromatic N) is 7. The van der Waals surface area contributed by atoms with E-state index in [0.717, 1.165) is 35.0 Å². The van der Waals surface area contributed by atoms with Gasteiger partial charge < -0.3 is 4.52 Å². The summed E-state index contributed by atoms with van der Waals surface area (Å²) in [5.41, 5.74) is 1.96. The third kappa shape index (κ3) is 2.22. The normalized spacial score (nSPS) is 14.5. The van der Waals surface area contributed by atoms with Crippen molar-refractivity contribution >= 4 is 17.7 Å². The van der Waals surface area contributed by atoms with E-state index in [1.807, 2.05) is 33.8 Å². The van der Waals surface area contributed by atoms with E-state index in [4.69, 9.17) is 4.52 Å². The van der Waals surface area contributed by atoms with Crippen LogP contribution >= 0.6 is 0 Å². The van der Waals surface area contributed by atoms with Gasteiger partial charge in [-0.3, -0.25) is 4.57 Å². The second-order valence-electron chi connectivity index (χ2n) is 6.50. The molecule has 0 fully saturated rings. The van der Waals surface area contributed by atoms with Crippen LogP contribution in [0.4, 0.5) is 20.6 Å². The SMILES string of the molecule is Fc1ccc(-c2noc(N3CN=C4c5ccccc5-n5cncc5N43)n2)c(F)c1. The van der Waals surface area contributed by atoms with Gasteiger partial charge in [-0.1, -0.05) is 17.3 Å². The Balaban J connectivity index is 1.42. The minimum atomic E-state index is -0.763. The molecule has 0 amide bonds. The largest absolute Gasteiger partial charge is 0.345 e. The van der Waals surface area contributed by atoms with Gasteiger partial charge in [-0.15, -0.1) is 0 Å². The molecular weight excluding hydrogens is 380 g/mol. The van der Waals surface area contributed by atoms with E-state index in [1.54, 1.807) is 17.5 Å². The number of imidazole rings is 1. The summed E-state index contributed by atoms with van der Waals surface area (Å²) in [4.78, 5) is 13.2. The van der Waals surface area contributed by atoms with Crippen LogP contribution in [0, 0.1) is 11.6 Å². The van der Waals surface area contributed by atoms with Crippen molar-refractivity contribution in [2.45, 2.75) is 0 Å². The molecule has 0 radical (unpaired) electrons. The van der Waals surface area contributed by atoms with Gasteiger partial charge in [0, 0.05) is 11.6 Å². The monoisotopic (exact) mass is 391 g/mol. The van der Waals surface area contributed by atoms with Crippen molar-refractivity contribution in [2.24, 2.45) is 4.99 Å². The molecule has 4 aromatic rings. The lowest BCUT2D eigenvalue weighted by Gasteiger charge is -2.32. The van der Waals surface area contributed by atoms with Crippen LogP contribution in [0.5, 0.6) is 0 Å². The summed E-state index contributed by atoms with van der Waals surface area (Å²) in [6.45, 7) is 0.238. The average Bonchev–Trinajstić information content (AvgIpc) is 3.46. The van der Waals surface area contributed by atoms with Crippen LogP contribution in [0.15, 0.2) is 64.5 Å². The number of hydrazine groups is 1. The maximum absolute atomic E-state index is 14.1. The lowest BCUT2D eigenvalue weighted by molar-refractivity contribution is 0.416. The number of aliphatic imine (C=N–C) groups is 1. The molecule has 0 bridgehead atoms. The number of anilines is 2. The van der Waals surface area contributed by atoms with Gasteiger partial charge in [-0.25, -0.2) is 28.8 Å². The summed E-state index contributed by atoms with van der Waals surface area (Å²) in [6.07, 6.45) is 3.43. The minimum absolute atomic E-state index is 0.0249. The first-order valence-electron chi connectivity index (χ1n) is 8.74. The van der Waals surface area contributed by atoms with E-state index < -0.39 is 11.6 Å². The van der Waals surface area contributed by atoms with Crippen LogP contribution in [0.2, 0.25) is 0 Å². The molecule has 0 N–H and O–H groups in total. The summed E-state index contributed by atoms with van der Waals surface area (Å²) in [6, 6.07) is 11.2. The standard InChI is InChI=1S/C19H11F2N7O/c20-11-5-6-12(14(21)7-11)17-24-19(29-25-17)27-10-23-18-13-3-1-2-4-15(13)26-9-22-8-16(26)28(18)27/h1-9H,10H2. The van der Waals surface area contributed by atoms with Crippen molar-refractivity contribution in [1.82, 2.24) is 19.7 Å². The van der Waals surface area contributed by atoms with Crippen LogP contribution in [0.1, 0.15) is 5.56 Å². The number of rotatable bonds is 2. The summed E-state index contributed by atoms with van der Waals surface area (Å²) >= 11 is 0. The minimum Gasteiger partial charge on any atom is -0.313 e. The Bertz CT molecular complexity index is 1300. The van der Waals surface area contributed by atoms with Gasteiger partial charge in [-0.05, 0) is 24.3 Å². The highest BCUT2D eigenvalue weighted by Gasteiger charge is 2.38. The van der Waals surface area contributed by atoms with Gasteiger partial charge in [0.15, 0.2) is 11.7 Å². The predicted molar refractivity (Wildman–Crippen MR) is 99.6 cm³/mol. The van der Waals surface area contributed by atoms with E-state index in [0.29, 0.717) is 0 Å². The first-order valence-corrected chi connectivity index (χ1v) is 8.74. The number of fused-ring (bicyclic) bond motifs is 6. The number of benzene rings is 2. The summed E-state index contributed by atoms with van der Waals surface area (Å²) in [5, 5.41) is 7.36. The van der Waals surface area contributed by atoms with Crippen LogP contribution in [0.25, 0.3) is 17.1 Å². The van der Waals surface area contributed by atoms with Crippen LogP contribution in [0.3, 0.4) is 0 Å². The molecule has 142 valence electrons. The summed E-state index contributed by atoms with van der Waals surface area (Å²) in [5.74, 6) is 0.0688. The third-order valence-electron chi connectivity index (χ3n) is 4.85. The van der Waals surface area contributed by atoms with Crippen molar-refractivity contribution in [3.63, 3.8) is 0 Å². The van der Waals surface area contributed by atoms with Gasteiger partial charge in [0.1, 0.15) is 24.6 Å². The van der Waals surface area contributed by atoms with Crippen molar-refractivity contribution in [3.05, 3.63) is 72.2 Å². The lowest BCUT2D eigenvalue weighted by atomic mass is 10.1. The Kier molecular flexibility index (Phi) is 3.13. The Morgan fingerprint density at radius 1 is 1.03 bits per heavy atom. The van der Waals surface area contributed by atoms with E-state index in [2.05, 4.69) is 20.1 Å². The van der Waals surface area contributed by atoms with Gasteiger partial charge in [0.2, 0.25) is 5.82 Å². The zero-order chi connectivity index (χ0) is 19.5. The summed E-state index contributed by atoms with van der Waals surface area (Å²) in [7, 11) is 0. The molecule has 29 heavy (non-hydrogen) atoms. The molecule has 0 saturated carbocycles. The molecule has 2 aliphatic heterocycles. The highest BCUT2D eigenvalue weighted by Crippen LogP contribution is 2.36. The number of hydrogen-bond donors (Lipinski definition) is 0. The number of para-hydroxylation sites is 1. The maximum atomic E-state index is 14.1. The van der Waals surface area contributed by atoms with E-state index in [1.165, 1.54) is 6.07 Å². The Morgan fingerprint density at radius 3 is 2.83 bits per heavy atom. The van der Waals surface area contributed by atoms with Crippen LogP contribution < -0.4 is 10.0 Å². The second-order valence-corrected chi connectivity index (χ2v) is 6.50. The molecule has 10 heteroatoms. The molecule has 0 saturated heterocycles. The Morgan fingerprint density at radius 2 is 1.93 bits per heavy atom. The Hall–Kier alpha value is -4.08. The fourth-order valence-corrected chi connectivity index (χ4v) is 3.56. The number of halogens is 2. The molecule has 0 aliphatic carbocycles. The topological polar surface area (TPSA) is 75.6 Å². The first kappa shape index (κ1) is 15.9. The third-order valence-corrected chi connectivity index (χ3v) is 4.85. The first-order chi connectivity index (χ1) is 14.2. The van der Waals surface area contributed by atoms with Gasteiger partial charge in [0.25, 0.3) is 0 Å². The van der Waals surface area contributed by atoms with Crippen molar-refractivity contribution in [3.8, 4) is 17.1 Å². The fourth-order valence-electron chi connectivity index (χ4n) is 3.56. The zero-order valence-electron chi connectivity index (χ0n) is 14.7. The van der Waals surface area contributed by atoms with Crippen LogP contribution in [-0.4, -0.2) is 32.2 Å². The van der Waals surface area contributed by atoms with Gasteiger partial charge in [0.05, 0.1) is 17.4 Å². The molecule has 2 aliphatic rings. The molecule has 8 nitrogen and oxygen atoms in total. The molecule has 0 spiro atoms. The molecule has 6 rings (SSSR count). The average molecular weight is 391 g/mol. The zero-order valence-corrected chi connectivity index (χ0v) is 14.7. The van der Waals surface area contributed by atoms with E-state index >= 15 is 0 Å². The maximum Gasteiger partial charge on any atom is 0.345 e. The van der Waals surface area contributed by atoms with Crippen molar-refractivity contribution in [2.75, 3.05) is 16.7 Å². The lowest BCUT2D eigenvalue weighted by Crippen LogP contribution is -2.45. The number of hydrogen-bond acceptors (Lipinski definition) is 7. The molecule has 0 atom stereocenters. The highest BCUT2D eigenvalue weighted by molar-refractivity contribution is 6.16. The van der Waals surface area contributed by atoms with Crippen molar-refractivity contribution < 1.29 is 13.3 Å². The molecular formula is C19H11F2N7O. The van der Waals surface area contributed by atoms with Gasteiger partial charge in [-0.2, -0.15) is 4.98 Å². The predicted octanol–water partition coefficient (Wildman–Crippen LogP) is 3.16. The fraction of sp³-hybridized carbons (Fsp3) is 0.0526. The highest BCUT2D eigenvalue weighted by atomic mass is 19.1. The molecule has 2 aromatic heterocycles. The smallest absolute Gasteiger partial charge is 0.313 e. The van der Waals surface area contributed by atoms with Crippen molar-refractivity contribution in [1.29, 1.82) is 0 Å². The molecule has 0 unspecified atom stereocenters. The number of aromatic nitrogens is 4. The van der Waals surface area contributed by atoms with Crippen LogP contribution in [-0.2, 0) is 0 Å². The van der Waals surface area contributed by atoms with E-state index in [-0.39, 0.29) is 24.1 Å².